The minimum absolute atomic E-state index is 0.0641. The second kappa shape index (κ2) is 11.0. The molecular weight excluding hydrogens is 492 g/mol. The summed E-state index contributed by atoms with van der Waals surface area (Å²) in [5.74, 6) is 3.25. The fourth-order valence-corrected chi connectivity index (χ4v) is 9.74. The van der Waals surface area contributed by atoms with Crippen molar-refractivity contribution < 1.29 is 24.9 Å². The normalized spacial score (nSPS) is 40.4. The standard InChI is InChI=1S/C32H48N2O5/c1-19(5-10-29(38)34-33-18-20-6-9-26(36)28(15-20)39-4)23-7-8-24-30-25(12-14-32(23,24)3)31(2)13-11-22(35)16-21(31)17-27(30)37/h6,9,15,18-19,21-25,27,30,35-37H,5,7-8,10-14,16-17H2,1-4H3,(H,34,38)/b33-18-/t19-,21+,22-,23-,24+,25+,27+,30+,31-,32-/m0/s1. The van der Waals surface area contributed by atoms with Gasteiger partial charge in [0.2, 0.25) is 5.91 Å². The van der Waals surface area contributed by atoms with Crippen molar-refractivity contribution in [2.24, 2.45) is 51.4 Å². The summed E-state index contributed by atoms with van der Waals surface area (Å²) >= 11 is 0. The lowest BCUT2D eigenvalue weighted by Gasteiger charge is -2.62. The minimum Gasteiger partial charge on any atom is -0.504 e. The molecule has 0 spiro atoms. The number of carbonyl (C=O) groups is 1. The maximum atomic E-state index is 12.6. The second-order valence-electron chi connectivity index (χ2n) is 13.7. The predicted octanol–water partition coefficient (Wildman–Crippen LogP) is 5.26. The number of phenolic OH excluding ortho intramolecular Hbond substituents is 1. The van der Waals surface area contributed by atoms with E-state index in [0.717, 1.165) is 37.7 Å². The van der Waals surface area contributed by atoms with Crippen LogP contribution in [0.25, 0.3) is 0 Å². The number of hydrazone groups is 1. The van der Waals surface area contributed by atoms with Crippen LogP contribution in [0.2, 0.25) is 0 Å². The molecule has 4 saturated carbocycles. The molecule has 0 radical (unpaired) electrons. The number of carbonyl (C=O) groups excluding carboxylic acids is 1. The van der Waals surface area contributed by atoms with Crippen LogP contribution in [0.3, 0.4) is 0 Å². The number of phenols is 1. The first kappa shape index (κ1) is 28.4. The highest BCUT2D eigenvalue weighted by Gasteiger charge is 2.62. The largest absolute Gasteiger partial charge is 0.504 e. The average Bonchev–Trinajstić information content (AvgIpc) is 3.26. The van der Waals surface area contributed by atoms with Crippen molar-refractivity contribution in [3.63, 3.8) is 0 Å². The topological polar surface area (TPSA) is 111 Å². The lowest BCUT2D eigenvalue weighted by Crippen LogP contribution is -2.58. The molecule has 10 atom stereocenters. The Bertz CT molecular complexity index is 1080. The molecule has 39 heavy (non-hydrogen) atoms. The van der Waals surface area contributed by atoms with Gasteiger partial charge in [-0.3, -0.25) is 4.79 Å². The zero-order valence-corrected chi connectivity index (χ0v) is 24.1. The number of rotatable bonds is 7. The predicted molar refractivity (Wildman–Crippen MR) is 151 cm³/mol. The van der Waals surface area contributed by atoms with E-state index in [1.165, 1.54) is 38.9 Å². The number of aromatic hydroxyl groups is 1. The number of amides is 1. The molecule has 1 aromatic rings. The van der Waals surface area contributed by atoms with Gasteiger partial charge in [0.25, 0.3) is 0 Å². The van der Waals surface area contributed by atoms with E-state index in [1.54, 1.807) is 18.3 Å². The maximum Gasteiger partial charge on any atom is 0.240 e. The number of aliphatic hydroxyl groups is 2. The monoisotopic (exact) mass is 540 g/mol. The van der Waals surface area contributed by atoms with Crippen LogP contribution in [0.1, 0.15) is 90.5 Å². The van der Waals surface area contributed by atoms with Gasteiger partial charge in [-0.05, 0) is 128 Å². The Hall–Kier alpha value is -2.12. The SMILES string of the molecule is COc1cc(/C=N\NC(=O)CC[C@H](C)[C@@H]2CC[C@@H]3[C@H]4[C@H](O)C[C@H]5C[C@@H](O)CC[C@]5(C)[C@@H]4CC[C@]32C)ccc1O. The Morgan fingerprint density at radius 1 is 1.13 bits per heavy atom. The number of nitrogens with one attached hydrogen (secondary N) is 1. The van der Waals surface area contributed by atoms with Crippen LogP contribution < -0.4 is 10.2 Å². The molecule has 1 aromatic carbocycles. The Morgan fingerprint density at radius 2 is 1.87 bits per heavy atom. The Morgan fingerprint density at radius 3 is 2.64 bits per heavy atom. The number of hydrogen-bond donors (Lipinski definition) is 4. The van der Waals surface area contributed by atoms with Gasteiger partial charge < -0.3 is 20.1 Å². The molecule has 1 amide bonds. The summed E-state index contributed by atoms with van der Waals surface area (Å²) in [4.78, 5) is 12.6. The lowest BCUT2D eigenvalue weighted by molar-refractivity contribution is -0.174. The number of hydrogen-bond acceptors (Lipinski definition) is 6. The molecule has 4 aliphatic carbocycles. The highest BCUT2D eigenvalue weighted by Crippen LogP contribution is 2.68. The number of ether oxygens (including phenoxy) is 1. The quantitative estimate of drug-likeness (QED) is 0.279. The molecular formula is C32H48N2O5. The summed E-state index contributed by atoms with van der Waals surface area (Å²) in [6.07, 6.45) is 10.8. The van der Waals surface area contributed by atoms with Gasteiger partial charge >= 0.3 is 0 Å². The molecule has 7 heteroatoms. The molecule has 4 fully saturated rings. The summed E-state index contributed by atoms with van der Waals surface area (Å²) in [5.41, 5.74) is 3.84. The first-order valence-corrected chi connectivity index (χ1v) is 15.1. The number of fused-ring (bicyclic) bond motifs is 5. The first-order valence-electron chi connectivity index (χ1n) is 15.1. The molecule has 0 unspecified atom stereocenters. The van der Waals surface area contributed by atoms with Crippen molar-refractivity contribution >= 4 is 12.1 Å². The molecule has 0 saturated heterocycles. The molecule has 7 nitrogen and oxygen atoms in total. The van der Waals surface area contributed by atoms with E-state index in [1.807, 2.05) is 0 Å². The Balaban J connectivity index is 1.18. The maximum absolute atomic E-state index is 12.6. The van der Waals surface area contributed by atoms with E-state index < -0.39 is 0 Å². The van der Waals surface area contributed by atoms with Crippen LogP contribution in [0.5, 0.6) is 11.5 Å². The van der Waals surface area contributed by atoms with Crippen molar-refractivity contribution in [3.05, 3.63) is 23.8 Å². The van der Waals surface area contributed by atoms with E-state index in [4.69, 9.17) is 4.74 Å². The third-order valence-corrected chi connectivity index (χ3v) is 11.8. The molecule has 0 aliphatic heterocycles. The molecule has 216 valence electrons. The summed E-state index contributed by atoms with van der Waals surface area (Å²) in [5, 5.41) is 35.6. The van der Waals surface area contributed by atoms with Crippen molar-refractivity contribution in [2.45, 2.75) is 97.2 Å². The molecule has 4 N–H and O–H groups in total. The highest BCUT2D eigenvalue weighted by atomic mass is 16.5. The third-order valence-electron chi connectivity index (χ3n) is 11.8. The summed E-state index contributed by atoms with van der Waals surface area (Å²) in [6.45, 7) is 7.25. The van der Waals surface area contributed by atoms with E-state index in [0.29, 0.717) is 47.7 Å². The summed E-state index contributed by atoms with van der Waals surface area (Å²) in [6, 6.07) is 4.92. The number of nitrogens with zero attached hydrogens (tertiary/aromatic N) is 1. The number of aliphatic hydroxyl groups excluding tert-OH is 2. The van der Waals surface area contributed by atoms with Gasteiger partial charge in [-0.2, -0.15) is 5.10 Å². The van der Waals surface area contributed by atoms with Crippen LogP contribution >= 0.6 is 0 Å². The number of methoxy groups -OCH3 is 1. The van der Waals surface area contributed by atoms with Gasteiger partial charge in [-0.15, -0.1) is 0 Å². The fraction of sp³-hybridized carbons (Fsp3) is 0.750. The van der Waals surface area contributed by atoms with Crippen molar-refractivity contribution in [3.8, 4) is 11.5 Å². The van der Waals surface area contributed by atoms with Crippen LogP contribution in [0, 0.1) is 46.3 Å². The molecule has 0 heterocycles. The number of benzene rings is 1. The van der Waals surface area contributed by atoms with E-state index in [9.17, 15) is 20.1 Å². The smallest absolute Gasteiger partial charge is 0.240 e. The molecule has 0 bridgehead atoms. The van der Waals surface area contributed by atoms with Gasteiger partial charge in [0.15, 0.2) is 11.5 Å². The molecule has 5 rings (SSSR count). The van der Waals surface area contributed by atoms with E-state index in [2.05, 4.69) is 31.3 Å². The Labute approximate surface area is 233 Å². The summed E-state index contributed by atoms with van der Waals surface area (Å²) in [7, 11) is 1.49. The van der Waals surface area contributed by atoms with Gasteiger partial charge in [0, 0.05) is 6.42 Å². The van der Waals surface area contributed by atoms with E-state index >= 15 is 0 Å². The zero-order chi connectivity index (χ0) is 27.9. The lowest BCUT2D eigenvalue weighted by atomic mass is 9.43. The highest BCUT2D eigenvalue weighted by molar-refractivity contribution is 5.83. The average molecular weight is 541 g/mol. The Kier molecular flexibility index (Phi) is 8.04. The van der Waals surface area contributed by atoms with Crippen LogP contribution in [-0.2, 0) is 4.79 Å². The molecule has 0 aromatic heterocycles. The van der Waals surface area contributed by atoms with Crippen LogP contribution in [0.4, 0.5) is 0 Å². The molecule has 4 aliphatic rings. The van der Waals surface area contributed by atoms with Gasteiger partial charge in [-0.1, -0.05) is 20.8 Å². The second-order valence-corrected chi connectivity index (χ2v) is 13.7. The summed E-state index contributed by atoms with van der Waals surface area (Å²) < 4.78 is 5.12. The van der Waals surface area contributed by atoms with E-state index in [-0.39, 0.29) is 34.7 Å². The third kappa shape index (κ3) is 5.21. The van der Waals surface area contributed by atoms with Crippen molar-refractivity contribution in [2.75, 3.05) is 7.11 Å². The zero-order valence-electron chi connectivity index (χ0n) is 24.1. The minimum atomic E-state index is -0.255. The van der Waals surface area contributed by atoms with Crippen molar-refractivity contribution in [1.29, 1.82) is 0 Å². The fourth-order valence-electron chi connectivity index (χ4n) is 9.74. The van der Waals surface area contributed by atoms with Crippen molar-refractivity contribution in [1.82, 2.24) is 5.43 Å². The van der Waals surface area contributed by atoms with Crippen LogP contribution in [0.15, 0.2) is 23.3 Å². The van der Waals surface area contributed by atoms with Gasteiger partial charge in [0.1, 0.15) is 0 Å². The first-order chi connectivity index (χ1) is 18.6. The van der Waals surface area contributed by atoms with Crippen LogP contribution in [-0.4, -0.2) is 46.8 Å². The van der Waals surface area contributed by atoms with Gasteiger partial charge in [0.05, 0.1) is 25.5 Å². The van der Waals surface area contributed by atoms with Gasteiger partial charge in [-0.25, -0.2) is 5.43 Å².